The van der Waals surface area contributed by atoms with Crippen molar-refractivity contribution >= 4 is 0 Å². The van der Waals surface area contributed by atoms with Gasteiger partial charge >= 0.3 is 0 Å². The van der Waals surface area contributed by atoms with Gasteiger partial charge < -0.3 is 9.38 Å². The fourth-order valence-electron chi connectivity index (χ4n) is 6.89. The van der Waals surface area contributed by atoms with Crippen LogP contribution in [0.1, 0.15) is 54.4 Å². The average Bonchev–Trinajstić information content (AvgIpc) is 2.43. The van der Waals surface area contributed by atoms with Crippen LogP contribution in [0.4, 0.5) is 0 Å². The molecule has 0 radical (unpaired) electrons. The van der Waals surface area contributed by atoms with Gasteiger partial charge in [-0.15, -0.1) is 0 Å². The van der Waals surface area contributed by atoms with E-state index < -0.39 is 0 Å². The number of piperazine rings is 2. The molecule has 1 N–H and O–H groups in total. The molecule has 0 saturated carbocycles. The van der Waals surface area contributed by atoms with Crippen molar-refractivity contribution in [3.8, 4) is 0 Å². The van der Waals surface area contributed by atoms with Gasteiger partial charge in [0.05, 0.1) is 45.3 Å². The number of quaternary nitrogens is 2. The maximum absolute atomic E-state index is 2.90. The quantitative estimate of drug-likeness (QED) is 0.660. The van der Waals surface area contributed by atoms with Gasteiger partial charge in [-0.2, -0.15) is 0 Å². The van der Waals surface area contributed by atoms with Gasteiger partial charge in [0.2, 0.25) is 12.3 Å². The van der Waals surface area contributed by atoms with Gasteiger partial charge in [0.15, 0.2) is 0 Å². The molecule has 4 aliphatic heterocycles. The Kier molecular flexibility index (Phi) is 3.35. The summed E-state index contributed by atoms with van der Waals surface area (Å²) in [6, 6.07) is 1.56. The van der Waals surface area contributed by atoms with E-state index in [9.17, 15) is 0 Å². The number of nitrogens with zero attached hydrogens (tertiary/aromatic N) is 3. The van der Waals surface area contributed by atoms with Crippen LogP contribution in [-0.2, 0) is 0 Å². The second kappa shape index (κ2) is 4.72. The Morgan fingerprint density at radius 2 is 1.61 bits per heavy atom. The first-order valence-corrected chi connectivity index (χ1v) is 9.82. The molecule has 4 aliphatic rings. The molecule has 4 nitrogen and oxygen atoms in total. The topological polar surface area (TPSA) is 10.9 Å². The number of nitrogens with one attached hydrogen (secondary N) is 1. The monoisotopic (exact) mass is 322 g/mol. The van der Waals surface area contributed by atoms with E-state index in [1.165, 1.54) is 43.5 Å². The lowest BCUT2D eigenvalue weighted by atomic mass is 9.79. The van der Waals surface area contributed by atoms with Gasteiger partial charge in [-0.1, -0.05) is 0 Å². The van der Waals surface area contributed by atoms with Crippen LogP contribution in [0, 0.1) is 0 Å². The number of hydrogen-bond donors (Lipinski definition) is 1. The minimum atomic E-state index is 0.348. The van der Waals surface area contributed by atoms with Crippen LogP contribution in [0.3, 0.4) is 0 Å². The van der Waals surface area contributed by atoms with Crippen LogP contribution in [0.25, 0.3) is 0 Å². The van der Waals surface area contributed by atoms with Crippen molar-refractivity contribution in [2.75, 3.05) is 33.2 Å². The highest BCUT2D eigenvalue weighted by Gasteiger charge is 2.67. The summed E-state index contributed by atoms with van der Waals surface area (Å²) < 4.78 is 1.27. The Hall–Kier alpha value is -0.160. The molecule has 0 aromatic carbocycles. The lowest BCUT2D eigenvalue weighted by molar-refractivity contribution is -1.06. The van der Waals surface area contributed by atoms with E-state index in [2.05, 4.69) is 58.4 Å². The molecule has 132 valence electrons. The lowest BCUT2D eigenvalue weighted by Crippen LogP contribution is -3.27. The highest BCUT2D eigenvalue weighted by atomic mass is 15.6. The smallest absolute Gasteiger partial charge is 0.214 e. The predicted octanol–water partition coefficient (Wildman–Crippen LogP) is 0.743. The molecule has 0 amide bonds. The molecule has 4 fully saturated rings. The second-order valence-electron chi connectivity index (χ2n) is 10.4. The molecule has 0 aromatic heterocycles. The fourth-order valence-corrected chi connectivity index (χ4v) is 6.89. The molecule has 2 unspecified atom stereocenters. The van der Waals surface area contributed by atoms with Crippen LogP contribution in [0.5, 0.6) is 0 Å². The first-order valence-electron chi connectivity index (χ1n) is 9.82. The molecule has 4 rings (SSSR count). The SMILES string of the molecule is C[C@@H]1CC(C)(C)N2CC[N+]3(C)[C@H](C)CC(C)(C)N4CC[NH+]1[C@H]2[C@@H]43. The standard InChI is InChI=1S/C19H37N4/c1-14-12-18(3,4)21-10-11-23(7)15(2)13-19(5,6)22-9-8-20(14)16(21)17(22)23/h14-17H,8-13H2,1-7H3/q+1/p+1/t14-,15-,16-,17+,23?/m1/s1. The normalized spacial score (nSPS) is 52.0. The number of rotatable bonds is 0. The molecular formula is C19H38N4+2. The summed E-state index contributed by atoms with van der Waals surface area (Å²) in [6.45, 7) is 20.2. The Labute approximate surface area is 143 Å². The van der Waals surface area contributed by atoms with Crippen LogP contribution >= 0.6 is 0 Å². The zero-order valence-electron chi connectivity index (χ0n) is 16.4. The summed E-state index contributed by atoms with van der Waals surface area (Å²) in [4.78, 5) is 7.67. The molecule has 0 bridgehead atoms. The van der Waals surface area contributed by atoms with Crippen LogP contribution in [-0.4, -0.2) is 83.0 Å². The molecule has 23 heavy (non-hydrogen) atoms. The fraction of sp³-hybridized carbons (Fsp3) is 1.00. The van der Waals surface area contributed by atoms with E-state index >= 15 is 0 Å². The molecule has 0 aliphatic carbocycles. The maximum Gasteiger partial charge on any atom is 0.214 e. The highest BCUT2D eigenvalue weighted by Crippen LogP contribution is 2.44. The minimum Gasteiger partial charge on any atom is -0.310 e. The second-order valence-corrected chi connectivity index (χ2v) is 10.4. The highest BCUT2D eigenvalue weighted by molar-refractivity contribution is 5.00. The number of likely N-dealkylation sites (N-methyl/N-ethyl adjacent to an activating group) is 1. The average molecular weight is 323 g/mol. The summed E-state index contributed by atoms with van der Waals surface area (Å²) in [5.41, 5.74) is 0.702. The van der Waals surface area contributed by atoms with E-state index in [4.69, 9.17) is 0 Å². The first kappa shape index (κ1) is 16.3. The Morgan fingerprint density at radius 3 is 2.30 bits per heavy atom. The van der Waals surface area contributed by atoms with Crippen LogP contribution in [0.2, 0.25) is 0 Å². The number of hydrogen-bond acceptors (Lipinski definition) is 2. The first-order chi connectivity index (χ1) is 10.6. The molecular weight excluding hydrogens is 284 g/mol. The summed E-state index contributed by atoms with van der Waals surface area (Å²) in [7, 11) is 2.56. The van der Waals surface area contributed by atoms with Crippen molar-refractivity contribution in [2.45, 2.75) is 89.9 Å². The van der Waals surface area contributed by atoms with Crippen molar-refractivity contribution in [2.24, 2.45) is 0 Å². The summed E-state index contributed by atoms with van der Waals surface area (Å²) in [5.74, 6) is 0. The van der Waals surface area contributed by atoms with E-state index in [1.807, 2.05) is 4.90 Å². The predicted molar refractivity (Wildman–Crippen MR) is 94.2 cm³/mol. The van der Waals surface area contributed by atoms with Gasteiger partial charge in [-0.25, -0.2) is 9.80 Å². The van der Waals surface area contributed by atoms with Crippen molar-refractivity contribution in [3.05, 3.63) is 0 Å². The van der Waals surface area contributed by atoms with Gasteiger partial charge in [0.25, 0.3) is 0 Å². The van der Waals surface area contributed by atoms with E-state index in [1.54, 1.807) is 0 Å². The summed E-state index contributed by atoms with van der Waals surface area (Å²) in [5, 5.41) is 0. The van der Waals surface area contributed by atoms with E-state index in [0.29, 0.717) is 23.4 Å². The van der Waals surface area contributed by atoms with Crippen LogP contribution < -0.4 is 4.90 Å². The molecule has 4 heterocycles. The largest absolute Gasteiger partial charge is 0.310 e. The third kappa shape index (κ3) is 2.04. The minimum absolute atomic E-state index is 0.348. The third-order valence-electron chi connectivity index (χ3n) is 8.18. The molecule has 0 spiro atoms. The maximum atomic E-state index is 2.90. The zero-order valence-corrected chi connectivity index (χ0v) is 16.4. The summed E-state index contributed by atoms with van der Waals surface area (Å²) >= 11 is 0. The zero-order chi connectivity index (χ0) is 16.8. The van der Waals surface area contributed by atoms with Crippen molar-refractivity contribution in [3.63, 3.8) is 0 Å². The third-order valence-corrected chi connectivity index (χ3v) is 8.18. The van der Waals surface area contributed by atoms with Gasteiger partial charge in [-0.3, -0.25) is 0 Å². The molecule has 6 atom stereocenters. The van der Waals surface area contributed by atoms with Gasteiger partial charge in [-0.05, 0) is 41.5 Å². The summed E-state index contributed by atoms with van der Waals surface area (Å²) in [6.07, 6.45) is 4.03. The molecule has 4 saturated heterocycles. The Morgan fingerprint density at radius 1 is 0.957 bits per heavy atom. The lowest BCUT2D eigenvalue weighted by Gasteiger charge is -2.69. The van der Waals surface area contributed by atoms with E-state index in [0.717, 1.165) is 12.1 Å². The van der Waals surface area contributed by atoms with Crippen LogP contribution in [0.15, 0.2) is 0 Å². The van der Waals surface area contributed by atoms with Crippen molar-refractivity contribution in [1.82, 2.24) is 9.80 Å². The molecule has 4 heteroatoms. The van der Waals surface area contributed by atoms with Crippen molar-refractivity contribution in [1.29, 1.82) is 0 Å². The van der Waals surface area contributed by atoms with Crippen molar-refractivity contribution < 1.29 is 9.38 Å². The Bertz CT molecular complexity index is 502. The van der Waals surface area contributed by atoms with Gasteiger partial charge in [0, 0.05) is 23.9 Å². The molecule has 0 aromatic rings. The Balaban J connectivity index is 1.82. The van der Waals surface area contributed by atoms with E-state index in [-0.39, 0.29) is 0 Å². The van der Waals surface area contributed by atoms with Gasteiger partial charge in [0.1, 0.15) is 0 Å².